The minimum atomic E-state index is 0.280. The molecule has 1 aromatic heterocycles. The zero-order chi connectivity index (χ0) is 10.4. The predicted octanol–water partition coefficient (Wildman–Crippen LogP) is 0.843. The fraction of sp³-hybridized carbons (Fsp3) is 0.700. The number of aliphatic hydroxyl groups is 1. The first-order valence-corrected chi connectivity index (χ1v) is 5.08. The molecular weight excluding hydrogens is 178 g/mol. The van der Waals surface area contributed by atoms with E-state index in [9.17, 15) is 0 Å². The predicted molar refractivity (Wildman–Crippen MR) is 55.9 cm³/mol. The van der Waals surface area contributed by atoms with Crippen LogP contribution in [0.4, 0.5) is 0 Å². The number of nitrogens with zero attached hydrogens (tertiary/aromatic N) is 2. The molecule has 1 heterocycles. The molecule has 0 aliphatic rings. The van der Waals surface area contributed by atoms with Crippen LogP contribution in [0.25, 0.3) is 0 Å². The van der Waals surface area contributed by atoms with E-state index < -0.39 is 0 Å². The number of aryl methyl sites for hydroxylation is 1. The second-order valence-electron chi connectivity index (χ2n) is 3.49. The van der Waals surface area contributed by atoms with Gasteiger partial charge >= 0.3 is 0 Å². The normalized spacial score (nSPS) is 13.1. The summed E-state index contributed by atoms with van der Waals surface area (Å²) in [6, 6.07) is 2.34. The van der Waals surface area contributed by atoms with Gasteiger partial charge in [0.15, 0.2) is 0 Å². The van der Waals surface area contributed by atoms with Gasteiger partial charge in [0.25, 0.3) is 0 Å². The number of rotatable bonds is 6. The minimum absolute atomic E-state index is 0.280. The Morgan fingerprint density at radius 3 is 2.93 bits per heavy atom. The zero-order valence-electron chi connectivity index (χ0n) is 8.90. The summed E-state index contributed by atoms with van der Waals surface area (Å²) in [4.78, 5) is 0. The summed E-state index contributed by atoms with van der Waals surface area (Å²) in [5.41, 5.74) is 1.19. The molecule has 0 fully saturated rings. The Labute approximate surface area is 84.9 Å². The summed E-state index contributed by atoms with van der Waals surface area (Å²) in [7, 11) is 1.95. The number of nitrogens with one attached hydrogen (secondary N) is 1. The van der Waals surface area contributed by atoms with E-state index in [0.29, 0.717) is 6.04 Å². The summed E-state index contributed by atoms with van der Waals surface area (Å²) < 4.78 is 1.88. The van der Waals surface area contributed by atoms with Gasteiger partial charge < -0.3 is 10.4 Å². The molecule has 0 saturated heterocycles. The van der Waals surface area contributed by atoms with Crippen LogP contribution >= 0.6 is 0 Å². The zero-order valence-corrected chi connectivity index (χ0v) is 8.90. The second kappa shape index (κ2) is 5.78. The molecular formula is C10H19N3O. The lowest BCUT2D eigenvalue weighted by molar-refractivity contribution is 0.282. The molecule has 0 amide bonds. The Kier molecular flexibility index (Phi) is 4.62. The summed E-state index contributed by atoms with van der Waals surface area (Å²) in [6.45, 7) is 3.34. The molecule has 4 nitrogen and oxygen atoms in total. The van der Waals surface area contributed by atoms with Crippen LogP contribution in [0.15, 0.2) is 12.3 Å². The van der Waals surface area contributed by atoms with Gasteiger partial charge in [-0.1, -0.05) is 0 Å². The van der Waals surface area contributed by atoms with Gasteiger partial charge in [-0.2, -0.15) is 5.10 Å². The highest BCUT2D eigenvalue weighted by Crippen LogP contribution is 2.09. The van der Waals surface area contributed by atoms with Crippen molar-refractivity contribution in [1.82, 2.24) is 15.1 Å². The topological polar surface area (TPSA) is 50.1 Å². The van der Waals surface area contributed by atoms with Crippen LogP contribution in [0.5, 0.6) is 0 Å². The van der Waals surface area contributed by atoms with Gasteiger partial charge in [-0.15, -0.1) is 0 Å². The number of aliphatic hydroxyl groups excluding tert-OH is 1. The molecule has 0 aliphatic heterocycles. The number of hydrogen-bond donors (Lipinski definition) is 2. The first-order valence-electron chi connectivity index (χ1n) is 5.08. The van der Waals surface area contributed by atoms with Crippen molar-refractivity contribution in [3.63, 3.8) is 0 Å². The van der Waals surface area contributed by atoms with Crippen LogP contribution in [0.1, 0.15) is 31.5 Å². The van der Waals surface area contributed by atoms with Gasteiger partial charge in [-0.3, -0.25) is 4.68 Å². The highest BCUT2D eigenvalue weighted by molar-refractivity contribution is 5.04. The highest BCUT2D eigenvalue weighted by Gasteiger charge is 2.07. The molecule has 4 heteroatoms. The SMILES string of the molecule is CC(NCCCCO)c1ccnn1C. The van der Waals surface area contributed by atoms with E-state index in [4.69, 9.17) is 5.11 Å². The van der Waals surface area contributed by atoms with Crippen LogP contribution in [0, 0.1) is 0 Å². The first kappa shape index (κ1) is 11.2. The molecule has 0 bridgehead atoms. The maximum atomic E-state index is 8.62. The Morgan fingerprint density at radius 2 is 2.36 bits per heavy atom. The third kappa shape index (κ3) is 3.12. The van der Waals surface area contributed by atoms with E-state index in [1.165, 1.54) is 5.69 Å². The fourth-order valence-corrected chi connectivity index (χ4v) is 1.47. The number of hydrogen-bond acceptors (Lipinski definition) is 3. The van der Waals surface area contributed by atoms with Gasteiger partial charge in [-0.05, 0) is 32.4 Å². The van der Waals surface area contributed by atoms with E-state index in [0.717, 1.165) is 19.4 Å². The summed E-state index contributed by atoms with van der Waals surface area (Å²) >= 11 is 0. The van der Waals surface area contributed by atoms with E-state index in [1.807, 2.05) is 17.8 Å². The largest absolute Gasteiger partial charge is 0.396 e. The van der Waals surface area contributed by atoms with Crippen molar-refractivity contribution in [1.29, 1.82) is 0 Å². The summed E-state index contributed by atoms with van der Waals surface area (Å²) in [5, 5.41) is 16.1. The number of aromatic nitrogens is 2. The molecule has 0 spiro atoms. The van der Waals surface area contributed by atoms with Crippen molar-refractivity contribution in [2.24, 2.45) is 7.05 Å². The Balaban J connectivity index is 2.28. The van der Waals surface area contributed by atoms with Crippen LogP contribution in [-0.2, 0) is 7.05 Å². The van der Waals surface area contributed by atoms with E-state index in [1.54, 1.807) is 6.20 Å². The first-order chi connectivity index (χ1) is 6.75. The lowest BCUT2D eigenvalue weighted by atomic mass is 10.2. The van der Waals surface area contributed by atoms with Crippen molar-refractivity contribution < 1.29 is 5.11 Å². The minimum Gasteiger partial charge on any atom is -0.396 e. The molecule has 1 aromatic rings. The summed E-state index contributed by atoms with van der Waals surface area (Å²) in [5.74, 6) is 0. The number of unbranched alkanes of at least 4 members (excludes halogenated alkanes) is 1. The molecule has 80 valence electrons. The molecule has 0 radical (unpaired) electrons. The van der Waals surface area contributed by atoms with E-state index >= 15 is 0 Å². The quantitative estimate of drug-likeness (QED) is 0.664. The molecule has 1 rings (SSSR count). The van der Waals surface area contributed by atoms with Crippen LogP contribution < -0.4 is 5.32 Å². The molecule has 0 aliphatic carbocycles. The molecule has 0 aromatic carbocycles. The third-order valence-electron chi connectivity index (χ3n) is 2.34. The molecule has 0 saturated carbocycles. The van der Waals surface area contributed by atoms with Crippen LogP contribution in [0.2, 0.25) is 0 Å². The second-order valence-corrected chi connectivity index (χ2v) is 3.49. The molecule has 1 unspecified atom stereocenters. The van der Waals surface area contributed by atoms with Gasteiger partial charge in [0, 0.05) is 25.9 Å². The Hall–Kier alpha value is -0.870. The molecule has 1 atom stereocenters. The van der Waals surface area contributed by atoms with Crippen molar-refractivity contribution >= 4 is 0 Å². The van der Waals surface area contributed by atoms with Crippen LogP contribution in [0.3, 0.4) is 0 Å². The standard InChI is InChI=1S/C10H19N3O/c1-9(11-6-3-4-8-14)10-5-7-12-13(10)2/h5,7,9,11,14H,3-4,6,8H2,1-2H3. The van der Waals surface area contributed by atoms with Gasteiger partial charge in [0.2, 0.25) is 0 Å². The maximum absolute atomic E-state index is 8.62. The lowest BCUT2D eigenvalue weighted by Gasteiger charge is -2.13. The molecule has 14 heavy (non-hydrogen) atoms. The maximum Gasteiger partial charge on any atom is 0.0547 e. The van der Waals surface area contributed by atoms with E-state index in [-0.39, 0.29) is 6.61 Å². The van der Waals surface area contributed by atoms with Crippen molar-refractivity contribution in [3.8, 4) is 0 Å². The lowest BCUT2D eigenvalue weighted by Crippen LogP contribution is -2.22. The average molecular weight is 197 g/mol. The van der Waals surface area contributed by atoms with E-state index in [2.05, 4.69) is 17.3 Å². The van der Waals surface area contributed by atoms with Gasteiger partial charge in [0.05, 0.1) is 5.69 Å². The van der Waals surface area contributed by atoms with Gasteiger partial charge in [0.1, 0.15) is 0 Å². The van der Waals surface area contributed by atoms with Crippen molar-refractivity contribution in [2.75, 3.05) is 13.2 Å². The average Bonchev–Trinajstić information content (AvgIpc) is 2.59. The van der Waals surface area contributed by atoms with Crippen molar-refractivity contribution in [2.45, 2.75) is 25.8 Å². The third-order valence-corrected chi connectivity index (χ3v) is 2.34. The Morgan fingerprint density at radius 1 is 1.57 bits per heavy atom. The Bertz CT molecular complexity index is 260. The smallest absolute Gasteiger partial charge is 0.0547 e. The van der Waals surface area contributed by atoms with Crippen molar-refractivity contribution in [3.05, 3.63) is 18.0 Å². The highest BCUT2D eigenvalue weighted by atomic mass is 16.2. The fourth-order valence-electron chi connectivity index (χ4n) is 1.47. The molecule has 2 N–H and O–H groups in total. The summed E-state index contributed by atoms with van der Waals surface area (Å²) in [6.07, 6.45) is 3.69. The van der Waals surface area contributed by atoms with Crippen LogP contribution in [-0.4, -0.2) is 28.0 Å². The monoisotopic (exact) mass is 197 g/mol. The van der Waals surface area contributed by atoms with Gasteiger partial charge in [-0.25, -0.2) is 0 Å².